The molecule has 0 spiro atoms. The molecule has 0 fully saturated rings. The van der Waals surface area contributed by atoms with E-state index < -0.39 is 6.04 Å². The Morgan fingerprint density at radius 2 is 2.05 bits per heavy atom. The maximum absolute atomic E-state index is 12.1. The van der Waals surface area contributed by atoms with Crippen molar-refractivity contribution >= 4 is 35.2 Å². The molecule has 4 nitrogen and oxygen atoms in total. The quantitative estimate of drug-likeness (QED) is 0.844. The summed E-state index contributed by atoms with van der Waals surface area (Å²) in [6, 6.07) is 6.22. The summed E-state index contributed by atoms with van der Waals surface area (Å²) in [6.45, 7) is 0. The largest absolute Gasteiger partial charge is 0.357 e. The highest BCUT2D eigenvalue weighted by Gasteiger charge is 2.20. The first-order valence-electron chi connectivity index (χ1n) is 5.86. The predicted octanol–water partition coefficient (Wildman–Crippen LogP) is 1.94. The first kappa shape index (κ1) is 15.9. The molecule has 104 valence electrons. The molecule has 0 radical (unpaired) electrons. The summed E-state index contributed by atoms with van der Waals surface area (Å²) in [4.78, 5) is 23.8. The topological polar surface area (TPSA) is 58.2 Å². The van der Waals surface area contributed by atoms with Crippen molar-refractivity contribution in [2.24, 2.45) is 0 Å². The summed E-state index contributed by atoms with van der Waals surface area (Å²) in [6.07, 6.45) is 2.54. The summed E-state index contributed by atoms with van der Waals surface area (Å²) < 4.78 is 0. The Morgan fingerprint density at radius 3 is 2.63 bits per heavy atom. The molecule has 0 heterocycles. The molecule has 0 unspecified atom stereocenters. The van der Waals surface area contributed by atoms with Crippen molar-refractivity contribution in [1.29, 1.82) is 0 Å². The minimum atomic E-state index is -0.541. The number of thioether (sulfide) groups is 1. The standard InChI is InChI=1S/C13H17ClN2O2S/c1-15-13(18)11(7-8-19-2)16-12(17)9-5-3-4-6-10(9)14/h3-6,11H,7-8H2,1-2H3,(H,15,18)(H,16,17)/t11-/m1/s1. The zero-order valence-electron chi connectivity index (χ0n) is 10.9. The Balaban J connectivity index is 2.76. The Labute approximate surface area is 122 Å². The molecule has 1 aromatic rings. The first-order chi connectivity index (χ1) is 9.10. The highest BCUT2D eigenvalue weighted by molar-refractivity contribution is 7.98. The lowest BCUT2D eigenvalue weighted by Crippen LogP contribution is -2.46. The fraction of sp³-hybridized carbons (Fsp3) is 0.385. The zero-order valence-corrected chi connectivity index (χ0v) is 12.5. The number of hydrogen-bond donors (Lipinski definition) is 2. The van der Waals surface area contributed by atoms with E-state index in [-0.39, 0.29) is 11.8 Å². The van der Waals surface area contributed by atoms with Gasteiger partial charge in [-0.2, -0.15) is 11.8 Å². The summed E-state index contributed by atoms with van der Waals surface area (Å²) in [5.74, 6) is 0.260. The van der Waals surface area contributed by atoms with Crippen molar-refractivity contribution in [3.8, 4) is 0 Å². The molecule has 0 aliphatic rings. The van der Waals surface area contributed by atoms with E-state index in [0.29, 0.717) is 17.0 Å². The second-order valence-electron chi connectivity index (χ2n) is 3.90. The first-order valence-corrected chi connectivity index (χ1v) is 7.63. The third-order valence-corrected chi connectivity index (χ3v) is 3.57. The van der Waals surface area contributed by atoms with E-state index in [0.717, 1.165) is 5.75 Å². The highest BCUT2D eigenvalue weighted by Crippen LogP contribution is 2.15. The molecular weight excluding hydrogens is 284 g/mol. The van der Waals surface area contributed by atoms with Crippen LogP contribution < -0.4 is 10.6 Å². The molecule has 2 amide bonds. The van der Waals surface area contributed by atoms with Crippen LogP contribution in [-0.4, -0.2) is 36.9 Å². The molecule has 0 saturated carbocycles. The minimum Gasteiger partial charge on any atom is -0.357 e. The summed E-state index contributed by atoms with van der Waals surface area (Å²) in [7, 11) is 1.55. The number of rotatable bonds is 6. The van der Waals surface area contributed by atoms with Crippen LogP contribution in [0.5, 0.6) is 0 Å². The molecule has 6 heteroatoms. The van der Waals surface area contributed by atoms with Gasteiger partial charge in [-0.1, -0.05) is 23.7 Å². The van der Waals surface area contributed by atoms with Crippen molar-refractivity contribution in [2.75, 3.05) is 19.1 Å². The molecule has 1 aromatic carbocycles. The van der Waals surface area contributed by atoms with Crippen LogP contribution in [0.3, 0.4) is 0 Å². The van der Waals surface area contributed by atoms with Gasteiger partial charge in [0.1, 0.15) is 6.04 Å². The van der Waals surface area contributed by atoms with Gasteiger partial charge >= 0.3 is 0 Å². The predicted molar refractivity (Wildman–Crippen MR) is 79.8 cm³/mol. The Bertz CT molecular complexity index is 454. The number of carbonyl (C=O) groups is 2. The maximum Gasteiger partial charge on any atom is 0.253 e. The van der Waals surface area contributed by atoms with E-state index in [4.69, 9.17) is 11.6 Å². The van der Waals surface area contributed by atoms with E-state index in [1.54, 1.807) is 43.1 Å². The number of nitrogens with one attached hydrogen (secondary N) is 2. The number of likely N-dealkylation sites (N-methyl/N-ethyl adjacent to an activating group) is 1. The van der Waals surface area contributed by atoms with Gasteiger partial charge in [-0.15, -0.1) is 0 Å². The summed E-state index contributed by atoms with van der Waals surface area (Å²) in [5, 5.41) is 5.64. The lowest BCUT2D eigenvalue weighted by Gasteiger charge is -2.17. The van der Waals surface area contributed by atoms with Crippen LogP contribution in [0.4, 0.5) is 0 Å². The van der Waals surface area contributed by atoms with Crippen molar-refractivity contribution in [3.05, 3.63) is 34.9 Å². The number of carbonyl (C=O) groups excluding carboxylic acids is 2. The lowest BCUT2D eigenvalue weighted by atomic mass is 10.1. The van der Waals surface area contributed by atoms with Gasteiger partial charge in [-0.05, 0) is 30.6 Å². The van der Waals surface area contributed by atoms with Crippen molar-refractivity contribution in [2.45, 2.75) is 12.5 Å². The van der Waals surface area contributed by atoms with Crippen molar-refractivity contribution < 1.29 is 9.59 Å². The zero-order chi connectivity index (χ0) is 14.3. The fourth-order valence-corrected chi connectivity index (χ4v) is 2.25. The van der Waals surface area contributed by atoms with Crippen LogP contribution >= 0.6 is 23.4 Å². The number of hydrogen-bond acceptors (Lipinski definition) is 3. The Hall–Kier alpha value is -1.20. The van der Waals surface area contributed by atoms with Crippen LogP contribution in [0.1, 0.15) is 16.8 Å². The summed E-state index contributed by atoms with van der Waals surface area (Å²) in [5.41, 5.74) is 0.377. The molecule has 1 atom stereocenters. The van der Waals surface area contributed by atoms with Gasteiger partial charge in [0.25, 0.3) is 5.91 Å². The van der Waals surface area contributed by atoms with Gasteiger partial charge in [0.2, 0.25) is 5.91 Å². The molecule has 0 aromatic heterocycles. The monoisotopic (exact) mass is 300 g/mol. The Kier molecular flexibility index (Phi) is 6.73. The molecule has 19 heavy (non-hydrogen) atoms. The number of benzene rings is 1. The lowest BCUT2D eigenvalue weighted by molar-refractivity contribution is -0.122. The highest BCUT2D eigenvalue weighted by atomic mass is 35.5. The van der Waals surface area contributed by atoms with Crippen LogP contribution in [0.2, 0.25) is 5.02 Å². The van der Waals surface area contributed by atoms with Crippen LogP contribution in [0.25, 0.3) is 0 Å². The van der Waals surface area contributed by atoms with Gasteiger partial charge in [-0.25, -0.2) is 0 Å². The molecule has 0 bridgehead atoms. The van der Waals surface area contributed by atoms with E-state index >= 15 is 0 Å². The van der Waals surface area contributed by atoms with Gasteiger partial charge in [0, 0.05) is 7.05 Å². The molecule has 0 saturated heterocycles. The van der Waals surface area contributed by atoms with E-state index in [1.807, 2.05) is 6.26 Å². The SMILES string of the molecule is CNC(=O)[C@@H](CCSC)NC(=O)c1ccccc1Cl. The van der Waals surface area contributed by atoms with Crippen LogP contribution in [0, 0.1) is 0 Å². The summed E-state index contributed by atoms with van der Waals surface area (Å²) >= 11 is 7.58. The third kappa shape index (κ3) is 4.76. The number of halogens is 1. The second-order valence-corrected chi connectivity index (χ2v) is 5.29. The van der Waals surface area contributed by atoms with Gasteiger partial charge in [0.05, 0.1) is 10.6 Å². The normalized spacial score (nSPS) is 11.7. The van der Waals surface area contributed by atoms with Gasteiger partial charge < -0.3 is 10.6 Å². The van der Waals surface area contributed by atoms with Crippen molar-refractivity contribution in [3.63, 3.8) is 0 Å². The molecule has 2 N–H and O–H groups in total. The minimum absolute atomic E-state index is 0.200. The van der Waals surface area contributed by atoms with E-state index in [1.165, 1.54) is 0 Å². The second kappa shape index (κ2) is 8.07. The van der Waals surface area contributed by atoms with E-state index in [9.17, 15) is 9.59 Å². The number of amides is 2. The average molecular weight is 301 g/mol. The van der Waals surface area contributed by atoms with Gasteiger partial charge in [0.15, 0.2) is 0 Å². The molecular formula is C13H17ClN2O2S. The van der Waals surface area contributed by atoms with Crippen LogP contribution in [0.15, 0.2) is 24.3 Å². The van der Waals surface area contributed by atoms with Crippen LogP contribution in [-0.2, 0) is 4.79 Å². The van der Waals surface area contributed by atoms with Gasteiger partial charge in [-0.3, -0.25) is 9.59 Å². The fourth-order valence-electron chi connectivity index (χ4n) is 1.56. The maximum atomic E-state index is 12.1. The third-order valence-electron chi connectivity index (χ3n) is 2.60. The van der Waals surface area contributed by atoms with Crippen molar-refractivity contribution in [1.82, 2.24) is 10.6 Å². The average Bonchev–Trinajstić information content (AvgIpc) is 2.42. The smallest absolute Gasteiger partial charge is 0.253 e. The Morgan fingerprint density at radius 1 is 1.37 bits per heavy atom. The molecule has 1 rings (SSSR count). The molecule has 0 aliphatic heterocycles. The van der Waals surface area contributed by atoms with E-state index in [2.05, 4.69) is 10.6 Å². The molecule has 0 aliphatic carbocycles.